The molecule has 4 nitrogen and oxygen atoms in total. The van der Waals surface area contributed by atoms with E-state index in [1.807, 2.05) is 24.3 Å². The van der Waals surface area contributed by atoms with E-state index in [0.29, 0.717) is 6.54 Å². The first-order chi connectivity index (χ1) is 12.1. The van der Waals surface area contributed by atoms with Gasteiger partial charge >= 0.3 is 0 Å². The van der Waals surface area contributed by atoms with Crippen molar-refractivity contribution in [3.05, 3.63) is 59.7 Å². The van der Waals surface area contributed by atoms with Crippen molar-refractivity contribution in [3.63, 3.8) is 0 Å². The Morgan fingerprint density at radius 2 is 1.92 bits per heavy atom. The molecule has 0 bridgehead atoms. The second-order valence-corrected chi connectivity index (χ2v) is 6.08. The van der Waals surface area contributed by atoms with Crippen LogP contribution in [0, 0.1) is 17.6 Å². The molecule has 3 rings (SSSR count). The van der Waals surface area contributed by atoms with Crippen LogP contribution in [0.3, 0.4) is 0 Å². The minimum Gasteiger partial charge on any atom is -0.495 e. The lowest BCUT2D eigenvalue weighted by Crippen LogP contribution is -2.32. The van der Waals surface area contributed by atoms with E-state index in [1.54, 1.807) is 7.11 Å². The standard InChI is InChI=1S/C19H20F2N2O2/c1-25-17-8-3-2-7-16(17)23-10-9-13(12-23)11-22-19(24)18-14(20)5-4-6-15(18)21/h2-8,13H,9-12H2,1H3,(H,22,24)/t13-/m1/s1. The zero-order valence-corrected chi connectivity index (χ0v) is 14.0. The average Bonchev–Trinajstić information content (AvgIpc) is 3.08. The predicted molar refractivity (Wildman–Crippen MR) is 92.0 cm³/mol. The number of carbonyl (C=O) groups is 1. The normalized spacial score (nSPS) is 16.8. The van der Waals surface area contributed by atoms with Gasteiger partial charge in [-0.2, -0.15) is 0 Å². The van der Waals surface area contributed by atoms with Gasteiger partial charge in [-0.1, -0.05) is 18.2 Å². The number of ether oxygens (including phenoxy) is 1. The lowest BCUT2D eigenvalue weighted by Gasteiger charge is -2.21. The molecule has 0 saturated carbocycles. The van der Waals surface area contributed by atoms with Gasteiger partial charge < -0.3 is 15.0 Å². The van der Waals surface area contributed by atoms with Crippen LogP contribution in [0.25, 0.3) is 0 Å². The van der Waals surface area contributed by atoms with Crippen LogP contribution in [0.2, 0.25) is 0 Å². The average molecular weight is 346 g/mol. The van der Waals surface area contributed by atoms with Gasteiger partial charge in [-0.3, -0.25) is 4.79 Å². The molecule has 2 aromatic carbocycles. The van der Waals surface area contributed by atoms with E-state index < -0.39 is 23.1 Å². The number of carbonyl (C=O) groups excluding carboxylic acids is 1. The molecule has 0 aromatic heterocycles. The number of halogens is 2. The van der Waals surface area contributed by atoms with E-state index in [2.05, 4.69) is 10.2 Å². The summed E-state index contributed by atoms with van der Waals surface area (Å²) in [6.07, 6.45) is 0.887. The molecule has 1 atom stereocenters. The molecule has 1 amide bonds. The van der Waals surface area contributed by atoms with Gasteiger partial charge in [-0.05, 0) is 36.6 Å². The summed E-state index contributed by atoms with van der Waals surface area (Å²) in [5.41, 5.74) is 0.487. The van der Waals surface area contributed by atoms with Crippen LogP contribution in [0.1, 0.15) is 16.8 Å². The number of benzene rings is 2. The lowest BCUT2D eigenvalue weighted by molar-refractivity contribution is 0.0940. The van der Waals surface area contributed by atoms with Gasteiger partial charge in [0, 0.05) is 19.6 Å². The van der Waals surface area contributed by atoms with Crippen LogP contribution in [-0.4, -0.2) is 32.7 Å². The minimum absolute atomic E-state index is 0.212. The van der Waals surface area contributed by atoms with Gasteiger partial charge in [0.15, 0.2) is 0 Å². The number of amides is 1. The van der Waals surface area contributed by atoms with Crippen molar-refractivity contribution in [2.75, 3.05) is 31.6 Å². The van der Waals surface area contributed by atoms with Gasteiger partial charge in [-0.25, -0.2) is 8.78 Å². The summed E-state index contributed by atoms with van der Waals surface area (Å²) in [4.78, 5) is 14.3. The molecule has 0 radical (unpaired) electrons. The van der Waals surface area contributed by atoms with Crippen LogP contribution in [0.5, 0.6) is 5.75 Å². The Bertz CT molecular complexity index is 747. The quantitative estimate of drug-likeness (QED) is 0.904. The maximum Gasteiger partial charge on any atom is 0.257 e. The fraction of sp³-hybridized carbons (Fsp3) is 0.316. The molecule has 0 aliphatic carbocycles. The molecular formula is C19H20F2N2O2. The molecule has 6 heteroatoms. The maximum atomic E-state index is 13.6. The van der Waals surface area contributed by atoms with E-state index in [9.17, 15) is 13.6 Å². The van der Waals surface area contributed by atoms with Crippen LogP contribution in [0.15, 0.2) is 42.5 Å². The Labute approximate surface area is 145 Å². The van der Waals surface area contributed by atoms with Crippen molar-refractivity contribution in [2.45, 2.75) is 6.42 Å². The highest BCUT2D eigenvalue weighted by Gasteiger charge is 2.26. The molecule has 1 saturated heterocycles. The first-order valence-corrected chi connectivity index (χ1v) is 8.20. The number of hydrogen-bond acceptors (Lipinski definition) is 3. The Kier molecular flexibility index (Phi) is 5.16. The van der Waals surface area contributed by atoms with Crippen LogP contribution >= 0.6 is 0 Å². The largest absolute Gasteiger partial charge is 0.495 e. The van der Waals surface area contributed by atoms with E-state index >= 15 is 0 Å². The topological polar surface area (TPSA) is 41.6 Å². The molecule has 0 unspecified atom stereocenters. The number of rotatable bonds is 5. The molecule has 1 heterocycles. The number of para-hydroxylation sites is 2. The molecule has 1 aliphatic heterocycles. The van der Waals surface area contributed by atoms with E-state index in [4.69, 9.17) is 4.74 Å². The van der Waals surface area contributed by atoms with E-state index in [0.717, 1.165) is 43.1 Å². The second kappa shape index (κ2) is 7.51. The zero-order valence-electron chi connectivity index (χ0n) is 14.0. The van der Waals surface area contributed by atoms with Crippen LogP contribution in [-0.2, 0) is 0 Å². The summed E-state index contributed by atoms with van der Waals surface area (Å²) in [6, 6.07) is 11.2. The number of nitrogens with zero attached hydrogens (tertiary/aromatic N) is 1. The highest BCUT2D eigenvalue weighted by atomic mass is 19.1. The zero-order chi connectivity index (χ0) is 17.8. The summed E-state index contributed by atoms with van der Waals surface area (Å²) in [7, 11) is 1.63. The Morgan fingerprint density at radius 1 is 1.20 bits per heavy atom. The molecule has 25 heavy (non-hydrogen) atoms. The highest BCUT2D eigenvalue weighted by Crippen LogP contribution is 2.31. The van der Waals surface area contributed by atoms with Crippen molar-refractivity contribution in [2.24, 2.45) is 5.92 Å². The van der Waals surface area contributed by atoms with Crippen molar-refractivity contribution in [1.29, 1.82) is 0 Å². The molecule has 1 N–H and O–H groups in total. The smallest absolute Gasteiger partial charge is 0.257 e. The molecule has 1 fully saturated rings. The molecule has 132 valence electrons. The van der Waals surface area contributed by atoms with Crippen molar-refractivity contribution >= 4 is 11.6 Å². The molecule has 2 aromatic rings. The predicted octanol–water partition coefficient (Wildman–Crippen LogP) is 3.23. The van der Waals surface area contributed by atoms with Gasteiger partial charge in [0.1, 0.15) is 22.9 Å². The summed E-state index contributed by atoms with van der Waals surface area (Å²) in [5.74, 6) is -1.39. The number of hydrogen-bond donors (Lipinski definition) is 1. The fourth-order valence-electron chi connectivity index (χ4n) is 3.15. The summed E-state index contributed by atoms with van der Waals surface area (Å²) in [5, 5.41) is 2.65. The molecule has 0 spiro atoms. The van der Waals surface area contributed by atoms with Crippen molar-refractivity contribution in [1.82, 2.24) is 5.32 Å². The Balaban J connectivity index is 1.60. The third kappa shape index (κ3) is 3.73. The third-order valence-corrected chi connectivity index (χ3v) is 4.45. The third-order valence-electron chi connectivity index (χ3n) is 4.45. The van der Waals surface area contributed by atoms with E-state index in [-0.39, 0.29) is 5.92 Å². The number of methoxy groups -OCH3 is 1. The minimum atomic E-state index is -0.848. The van der Waals surface area contributed by atoms with Crippen LogP contribution < -0.4 is 15.0 Å². The first kappa shape index (κ1) is 17.2. The number of nitrogens with one attached hydrogen (secondary N) is 1. The first-order valence-electron chi connectivity index (χ1n) is 8.20. The molecular weight excluding hydrogens is 326 g/mol. The summed E-state index contributed by atoms with van der Waals surface area (Å²) < 4.78 is 32.7. The van der Waals surface area contributed by atoms with E-state index in [1.165, 1.54) is 6.07 Å². The van der Waals surface area contributed by atoms with Gasteiger partial charge in [0.25, 0.3) is 5.91 Å². The SMILES string of the molecule is COc1ccccc1N1CC[C@H](CNC(=O)c2c(F)cccc2F)C1. The Morgan fingerprint density at radius 3 is 2.64 bits per heavy atom. The van der Waals surface area contributed by atoms with Crippen LogP contribution in [0.4, 0.5) is 14.5 Å². The van der Waals surface area contributed by atoms with Crippen molar-refractivity contribution in [3.8, 4) is 5.75 Å². The summed E-state index contributed by atoms with van der Waals surface area (Å²) in [6.45, 7) is 1.97. The fourth-order valence-corrected chi connectivity index (χ4v) is 3.15. The van der Waals surface area contributed by atoms with Gasteiger partial charge in [-0.15, -0.1) is 0 Å². The highest BCUT2D eigenvalue weighted by molar-refractivity contribution is 5.94. The Hall–Kier alpha value is -2.63. The monoisotopic (exact) mass is 346 g/mol. The van der Waals surface area contributed by atoms with Crippen molar-refractivity contribution < 1.29 is 18.3 Å². The second-order valence-electron chi connectivity index (χ2n) is 6.08. The lowest BCUT2D eigenvalue weighted by atomic mass is 10.1. The van der Waals surface area contributed by atoms with Gasteiger partial charge in [0.05, 0.1) is 12.8 Å². The summed E-state index contributed by atoms with van der Waals surface area (Å²) >= 11 is 0. The maximum absolute atomic E-state index is 13.6. The van der Waals surface area contributed by atoms with Gasteiger partial charge in [0.2, 0.25) is 0 Å². The molecule has 1 aliphatic rings. The number of anilines is 1.